The summed E-state index contributed by atoms with van der Waals surface area (Å²) in [6, 6.07) is 0. The highest BCUT2D eigenvalue weighted by Gasteiger charge is 2.07. The molecule has 0 saturated heterocycles. The zero-order valence-corrected chi connectivity index (χ0v) is 11.4. The highest BCUT2D eigenvalue weighted by molar-refractivity contribution is 7.09. The fourth-order valence-electron chi connectivity index (χ4n) is 1.32. The zero-order valence-electron chi connectivity index (χ0n) is 10.6. The number of aliphatic carboxylic acids is 1. The number of nitrogens with zero attached hydrogens (tertiary/aromatic N) is 1. The molecule has 0 bridgehead atoms. The van der Waals surface area contributed by atoms with Gasteiger partial charge in [0.25, 0.3) is 0 Å². The van der Waals surface area contributed by atoms with E-state index < -0.39 is 5.97 Å². The van der Waals surface area contributed by atoms with Crippen LogP contribution in [0.3, 0.4) is 0 Å². The van der Waals surface area contributed by atoms with E-state index >= 15 is 0 Å². The van der Waals surface area contributed by atoms with Crippen molar-refractivity contribution in [3.63, 3.8) is 0 Å². The van der Waals surface area contributed by atoms with Crippen molar-refractivity contribution in [2.75, 3.05) is 6.54 Å². The molecule has 0 aromatic carbocycles. The Morgan fingerprint density at radius 2 is 2.17 bits per heavy atom. The first-order chi connectivity index (χ1) is 8.49. The van der Waals surface area contributed by atoms with Crippen LogP contribution in [0.4, 0.5) is 0 Å². The van der Waals surface area contributed by atoms with Crippen LogP contribution >= 0.6 is 11.3 Å². The Morgan fingerprint density at radius 1 is 1.44 bits per heavy atom. The van der Waals surface area contributed by atoms with Gasteiger partial charge in [-0.05, 0) is 5.92 Å². The minimum Gasteiger partial charge on any atom is -0.481 e. The number of carbonyl (C=O) groups is 2. The highest BCUT2D eigenvalue weighted by atomic mass is 32.1. The SMILES string of the molecule is CC(C)c1csc(CCNC(=O)CCC(=O)O)n1. The van der Waals surface area contributed by atoms with Crippen molar-refractivity contribution in [1.29, 1.82) is 0 Å². The van der Waals surface area contributed by atoms with Crippen molar-refractivity contribution < 1.29 is 14.7 Å². The van der Waals surface area contributed by atoms with E-state index in [0.29, 0.717) is 18.9 Å². The molecule has 0 aliphatic carbocycles. The molecule has 0 saturated carbocycles. The smallest absolute Gasteiger partial charge is 0.303 e. The van der Waals surface area contributed by atoms with Crippen molar-refractivity contribution in [2.45, 2.75) is 39.0 Å². The topological polar surface area (TPSA) is 79.3 Å². The Kier molecular flexibility index (Phi) is 5.77. The lowest BCUT2D eigenvalue weighted by Gasteiger charge is -2.02. The van der Waals surface area contributed by atoms with Crippen LogP contribution in [-0.4, -0.2) is 28.5 Å². The lowest BCUT2D eigenvalue weighted by Crippen LogP contribution is -2.26. The van der Waals surface area contributed by atoms with E-state index in [1.807, 2.05) is 5.38 Å². The van der Waals surface area contributed by atoms with Gasteiger partial charge in [0.1, 0.15) is 0 Å². The number of carboxylic acids is 1. The fraction of sp³-hybridized carbons (Fsp3) is 0.583. The third-order valence-corrected chi connectivity index (χ3v) is 3.31. The zero-order chi connectivity index (χ0) is 13.5. The van der Waals surface area contributed by atoms with Crippen LogP contribution < -0.4 is 5.32 Å². The van der Waals surface area contributed by atoms with Gasteiger partial charge < -0.3 is 10.4 Å². The molecule has 6 heteroatoms. The van der Waals surface area contributed by atoms with E-state index in [4.69, 9.17) is 5.11 Å². The van der Waals surface area contributed by atoms with Crippen molar-refractivity contribution in [3.05, 3.63) is 16.1 Å². The summed E-state index contributed by atoms with van der Waals surface area (Å²) in [7, 11) is 0. The summed E-state index contributed by atoms with van der Waals surface area (Å²) in [4.78, 5) is 26.0. The summed E-state index contributed by atoms with van der Waals surface area (Å²) in [6.07, 6.45) is 0.598. The maximum atomic E-state index is 11.3. The summed E-state index contributed by atoms with van der Waals surface area (Å²) < 4.78 is 0. The molecule has 0 fully saturated rings. The van der Waals surface area contributed by atoms with E-state index in [1.165, 1.54) is 0 Å². The molecular weight excluding hydrogens is 252 g/mol. The van der Waals surface area contributed by atoms with E-state index in [0.717, 1.165) is 10.7 Å². The first kappa shape index (κ1) is 14.6. The van der Waals surface area contributed by atoms with Gasteiger partial charge in [-0.1, -0.05) is 13.8 Å². The second-order valence-electron chi connectivity index (χ2n) is 4.31. The maximum Gasteiger partial charge on any atom is 0.303 e. The van der Waals surface area contributed by atoms with Gasteiger partial charge in [-0.3, -0.25) is 9.59 Å². The fourth-order valence-corrected chi connectivity index (χ4v) is 2.28. The molecule has 100 valence electrons. The number of rotatable bonds is 7. The van der Waals surface area contributed by atoms with Gasteiger partial charge in [0.15, 0.2) is 0 Å². The Balaban J connectivity index is 2.24. The Labute approximate surface area is 110 Å². The lowest BCUT2D eigenvalue weighted by molar-refractivity contribution is -0.138. The Hall–Kier alpha value is -1.43. The molecule has 0 aliphatic heterocycles. The first-order valence-corrected chi connectivity index (χ1v) is 6.79. The molecule has 1 rings (SSSR count). The van der Waals surface area contributed by atoms with Gasteiger partial charge in [0.05, 0.1) is 17.1 Å². The monoisotopic (exact) mass is 270 g/mol. The largest absolute Gasteiger partial charge is 0.481 e. The highest BCUT2D eigenvalue weighted by Crippen LogP contribution is 2.17. The molecular formula is C12H18N2O3S. The summed E-state index contributed by atoms with van der Waals surface area (Å²) in [6.45, 7) is 4.68. The number of amides is 1. The first-order valence-electron chi connectivity index (χ1n) is 5.92. The lowest BCUT2D eigenvalue weighted by atomic mass is 10.2. The molecule has 0 unspecified atom stereocenters. The van der Waals surface area contributed by atoms with Gasteiger partial charge in [0.2, 0.25) is 5.91 Å². The minimum atomic E-state index is -0.952. The van der Waals surface area contributed by atoms with Crippen LogP contribution in [0.25, 0.3) is 0 Å². The number of carboxylic acid groups (broad SMARTS) is 1. The Bertz CT molecular complexity index is 415. The minimum absolute atomic E-state index is 0.0322. The normalized spacial score (nSPS) is 10.6. The number of carbonyl (C=O) groups excluding carboxylic acids is 1. The van der Waals surface area contributed by atoms with Crippen molar-refractivity contribution in [2.24, 2.45) is 0 Å². The molecule has 1 amide bonds. The molecule has 1 heterocycles. The summed E-state index contributed by atoms with van der Waals surface area (Å²) in [5, 5.41) is 14.2. The quantitative estimate of drug-likeness (QED) is 0.791. The average molecular weight is 270 g/mol. The second-order valence-corrected chi connectivity index (χ2v) is 5.26. The molecule has 1 aromatic heterocycles. The molecule has 0 radical (unpaired) electrons. The molecule has 0 aliphatic rings. The molecule has 5 nitrogen and oxygen atoms in total. The van der Waals surface area contributed by atoms with E-state index in [-0.39, 0.29) is 18.7 Å². The average Bonchev–Trinajstić information content (AvgIpc) is 2.75. The van der Waals surface area contributed by atoms with E-state index in [2.05, 4.69) is 24.1 Å². The molecule has 0 atom stereocenters. The second kappa shape index (κ2) is 7.10. The van der Waals surface area contributed by atoms with Crippen molar-refractivity contribution >= 4 is 23.2 Å². The maximum absolute atomic E-state index is 11.3. The third-order valence-electron chi connectivity index (χ3n) is 2.39. The predicted molar refractivity (Wildman–Crippen MR) is 69.8 cm³/mol. The van der Waals surface area contributed by atoms with Crippen LogP contribution in [0.15, 0.2) is 5.38 Å². The van der Waals surface area contributed by atoms with Crippen molar-refractivity contribution in [1.82, 2.24) is 10.3 Å². The van der Waals surface area contributed by atoms with Crippen LogP contribution in [-0.2, 0) is 16.0 Å². The molecule has 18 heavy (non-hydrogen) atoms. The van der Waals surface area contributed by atoms with Crippen LogP contribution in [0.2, 0.25) is 0 Å². The predicted octanol–water partition coefficient (Wildman–Crippen LogP) is 1.79. The van der Waals surface area contributed by atoms with Gasteiger partial charge in [0, 0.05) is 24.8 Å². The molecule has 1 aromatic rings. The van der Waals surface area contributed by atoms with Gasteiger partial charge in [-0.15, -0.1) is 11.3 Å². The standard InChI is InChI=1S/C12H18N2O3S/c1-8(2)9-7-18-11(14-9)5-6-13-10(15)3-4-12(16)17/h7-8H,3-6H2,1-2H3,(H,13,15)(H,16,17). The molecule has 2 N–H and O–H groups in total. The summed E-state index contributed by atoms with van der Waals surface area (Å²) in [5.74, 6) is -0.759. The number of hydrogen-bond donors (Lipinski definition) is 2. The van der Waals surface area contributed by atoms with Crippen LogP contribution in [0, 0.1) is 0 Å². The Morgan fingerprint density at radius 3 is 2.72 bits per heavy atom. The molecule has 0 spiro atoms. The van der Waals surface area contributed by atoms with Gasteiger partial charge in [-0.25, -0.2) is 4.98 Å². The number of nitrogens with one attached hydrogen (secondary N) is 1. The van der Waals surface area contributed by atoms with Crippen LogP contribution in [0.1, 0.15) is 43.3 Å². The third kappa shape index (κ3) is 5.27. The summed E-state index contributed by atoms with van der Waals surface area (Å²) in [5.41, 5.74) is 1.08. The number of aromatic nitrogens is 1. The van der Waals surface area contributed by atoms with Gasteiger partial charge >= 0.3 is 5.97 Å². The van der Waals surface area contributed by atoms with E-state index in [1.54, 1.807) is 11.3 Å². The number of thiazole rings is 1. The van der Waals surface area contributed by atoms with Crippen LogP contribution in [0.5, 0.6) is 0 Å². The van der Waals surface area contributed by atoms with Crippen molar-refractivity contribution in [3.8, 4) is 0 Å². The van der Waals surface area contributed by atoms with Gasteiger partial charge in [-0.2, -0.15) is 0 Å². The number of hydrogen-bond acceptors (Lipinski definition) is 4. The van der Waals surface area contributed by atoms with E-state index in [9.17, 15) is 9.59 Å². The summed E-state index contributed by atoms with van der Waals surface area (Å²) >= 11 is 1.59.